The van der Waals surface area contributed by atoms with Gasteiger partial charge in [0.1, 0.15) is 5.82 Å². The van der Waals surface area contributed by atoms with Crippen LogP contribution in [0.15, 0.2) is 30.5 Å². The highest BCUT2D eigenvalue weighted by atomic mass is 19.1. The summed E-state index contributed by atoms with van der Waals surface area (Å²) in [5, 5.41) is 7.12. The number of rotatable bonds is 4. The first kappa shape index (κ1) is 20.5. The molecule has 1 N–H and O–H groups in total. The zero-order valence-corrected chi connectivity index (χ0v) is 17.3. The van der Waals surface area contributed by atoms with Gasteiger partial charge in [0.2, 0.25) is 5.91 Å². The van der Waals surface area contributed by atoms with Crippen molar-refractivity contribution in [3.63, 3.8) is 0 Å². The van der Waals surface area contributed by atoms with Crippen LogP contribution in [0.25, 0.3) is 0 Å². The summed E-state index contributed by atoms with van der Waals surface area (Å²) in [4.78, 5) is 29.4. The number of halogens is 1. The highest BCUT2D eigenvalue weighted by Crippen LogP contribution is 2.29. The number of ether oxygens (including phenoxy) is 1. The third kappa shape index (κ3) is 4.38. The van der Waals surface area contributed by atoms with Crippen LogP contribution in [0.1, 0.15) is 47.8 Å². The minimum atomic E-state index is -0.312. The Kier molecular flexibility index (Phi) is 5.85. The quantitative estimate of drug-likeness (QED) is 0.833. The van der Waals surface area contributed by atoms with E-state index in [2.05, 4.69) is 10.2 Å². The summed E-state index contributed by atoms with van der Waals surface area (Å²) in [7, 11) is 0. The minimum Gasteiger partial charge on any atom is -0.372 e. The van der Waals surface area contributed by atoms with Crippen molar-refractivity contribution in [1.82, 2.24) is 20.0 Å². The molecule has 8 heteroatoms. The van der Waals surface area contributed by atoms with Gasteiger partial charge in [0.05, 0.1) is 36.1 Å². The van der Waals surface area contributed by atoms with Gasteiger partial charge < -0.3 is 14.5 Å². The first-order valence-electron chi connectivity index (χ1n) is 10.4. The van der Waals surface area contributed by atoms with Gasteiger partial charge in [0, 0.05) is 32.1 Å². The molecule has 2 aliphatic heterocycles. The molecule has 4 rings (SSSR count). The highest BCUT2D eigenvalue weighted by Gasteiger charge is 2.34. The third-order valence-corrected chi connectivity index (χ3v) is 5.82. The molecule has 0 bridgehead atoms. The van der Waals surface area contributed by atoms with Gasteiger partial charge >= 0.3 is 0 Å². The second-order valence-electron chi connectivity index (χ2n) is 8.29. The normalized spacial score (nSPS) is 24.3. The molecule has 3 heterocycles. The van der Waals surface area contributed by atoms with E-state index in [4.69, 9.17) is 4.74 Å². The van der Waals surface area contributed by atoms with E-state index in [-0.39, 0.29) is 42.2 Å². The fourth-order valence-electron chi connectivity index (χ4n) is 4.40. The van der Waals surface area contributed by atoms with Gasteiger partial charge in [-0.05, 0) is 38.0 Å². The van der Waals surface area contributed by atoms with Crippen molar-refractivity contribution in [2.45, 2.75) is 44.8 Å². The molecule has 2 aliphatic rings. The first-order valence-corrected chi connectivity index (χ1v) is 10.4. The molecule has 3 atom stereocenters. The average molecular weight is 414 g/mol. The van der Waals surface area contributed by atoms with E-state index in [9.17, 15) is 14.0 Å². The van der Waals surface area contributed by atoms with Crippen molar-refractivity contribution in [1.29, 1.82) is 0 Å². The molecule has 0 unspecified atom stereocenters. The van der Waals surface area contributed by atoms with Crippen molar-refractivity contribution >= 4 is 11.8 Å². The molecule has 0 aliphatic carbocycles. The SMILES string of the molecule is C[C@@H]1CN(C(=O)c2cn[nH]c2[C@@H]2CCN(C(=O)Cc3ccc(F)cc3)C2)C[C@H](C)O1. The molecule has 2 saturated heterocycles. The number of hydrogen-bond donors (Lipinski definition) is 1. The number of carbonyl (C=O) groups excluding carboxylic acids is 2. The van der Waals surface area contributed by atoms with E-state index in [0.717, 1.165) is 17.7 Å². The van der Waals surface area contributed by atoms with Crippen LogP contribution in [0.3, 0.4) is 0 Å². The molecular weight excluding hydrogens is 387 g/mol. The third-order valence-electron chi connectivity index (χ3n) is 5.82. The van der Waals surface area contributed by atoms with Crippen molar-refractivity contribution < 1.29 is 18.7 Å². The Labute approximate surface area is 175 Å². The number of benzene rings is 1. The lowest BCUT2D eigenvalue weighted by atomic mass is 10.00. The number of aromatic nitrogens is 2. The van der Waals surface area contributed by atoms with Crippen LogP contribution in [0.2, 0.25) is 0 Å². The van der Waals surface area contributed by atoms with Crippen molar-refractivity contribution in [2.24, 2.45) is 0 Å². The summed E-state index contributed by atoms with van der Waals surface area (Å²) >= 11 is 0. The molecule has 30 heavy (non-hydrogen) atoms. The van der Waals surface area contributed by atoms with Gasteiger partial charge in [-0.2, -0.15) is 5.10 Å². The zero-order chi connectivity index (χ0) is 21.3. The van der Waals surface area contributed by atoms with Crippen LogP contribution in [-0.4, -0.2) is 70.2 Å². The maximum absolute atomic E-state index is 13.1. The Morgan fingerprint density at radius 3 is 2.53 bits per heavy atom. The summed E-state index contributed by atoms with van der Waals surface area (Å²) in [6, 6.07) is 6.00. The van der Waals surface area contributed by atoms with E-state index in [1.165, 1.54) is 12.1 Å². The van der Waals surface area contributed by atoms with Crippen LogP contribution in [-0.2, 0) is 16.0 Å². The predicted molar refractivity (Wildman–Crippen MR) is 109 cm³/mol. The van der Waals surface area contributed by atoms with Crippen LogP contribution in [0.5, 0.6) is 0 Å². The number of nitrogens with zero attached hydrogens (tertiary/aromatic N) is 3. The van der Waals surface area contributed by atoms with Gasteiger partial charge in [-0.3, -0.25) is 14.7 Å². The van der Waals surface area contributed by atoms with Gasteiger partial charge in [-0.25, -0.2) is 4.39 Å². The summed E-state index contributed by atoms with van der Waals surface area (Å²) in [5.41, 5.74) is 2.16. The second-order valence-corrected chi connectivity index (χ2v) is 8.29. The molecule has 1 aromatic carbocycles. The minimum absolute atomic E-state index is 0.000828. The molecular formula is C22H27FN4O3. The molecule has 2 amide bonds. The topological polar surface area (TPSA) is 78.5 Å². The molecule has 2 fully saturated rings. The van der Waals surface area contributed by atoms with Gasteiger partial charge in [-0.15, -0.1) is 0 Å². The van der Waals surface area contributed by atoms with Crippen LogP contribution in [0.4, 0.5) is 4.39 Å². The van der Waals surface area contributed by atoms with Crippen molar-refractivity contribution in [2.75, 3.05) is 26.2 Å². The number of likely N-dealkylation sites (tertiary alicyclic amines) is 1. The van der Waals surface area contributed by atoms with Gasteiger partial charge in [0.15, 0.2) is 0 Å². The lowest BCUT2D eigenvalue weighted by Crippen LogP contribution is -2.48. The molecule has 0 spiro atoms. The number of H-pyrrole nitrogens is 1. The molecule has 0 saturated carbocycles. The lowest BCUT2D eigenvalue weighted by molar-refractivity contribution is -0.129. The van der Waals surface area contributed by atoms with E-state index in [1.807, 2.05) is 23.6 Å². The molecule has 160 valence electrons. The standard InChI is InChI=1S/C22H27FN4O3/c1-14-11-27(12-15(2)30-14)22(29)19-10-24-25-21(19)17-7-8-26(13-17)20(28)9-16-3-5-18(23)6-4-16/h3-6,10,14-15,17H,7-9,11-13H2,1-2H3,(H,24,25)/t14-,15+,17-/m1/s1. The van der Waals surface area contributed by atoms with E-state index >= 15 is 0 Å². The summed E-state index contributed by atoms with van der Waals surface area (Å²) in [5.74, 6) is -0.309. The van der Waals surface area contributed by atoms with Gasteiger partial charge in [-0.1, -0.05) is 12.1 Å². The Morgan fingerprint density at radius 1 is 1.13 bits per heavy atom. The second kappa shape index (κ2) is 8.55. The average Bonchev–Trinajstić information content (AvgIpc) is 3.37. The Balaban J connectivity index is 1.41. The number of morpholine rings is 1. The van der Waals surface area contributed by atoms with Gasteiger partial charge in [0.25, 0.3) is 5.91 Å². The zero-order valence-electron chi connectivity index (χ0n) is 17.3. The lowest BCUT2D eigenvalue weighted by Gasteiger charge is -2.35. The monoisotopic (exact) mass is 414 g/mol. The molecule has 7 nitrogen and oxygen atoms in total. The molecule has 1 aromatic heterocycles. The highest BCUT2D eigenvalue weighted by molar-refractivity contribution is 5.95. The van der Waals surface area contributed by atoms with Crippen LogP contribution >= 0.6 is 0 Å². The van der Waals surface area contributed by atoms with E-state index < -0.39 is 0 Å². The van der Waals surface area contributed by atoms with Crippen LogP contribution in [0, 0.1) is 5.82 Å². The molecule has 0 radical (unpaired) electrons. The Morgan fingerprint density at radius 2 is 1.83 bits per heavy atom. The molecule has 2 aromatic rings. The number of amides is 2. The Bertz CT molecular complexity index is 903. The number of hydrogen-bond acceptors (Lipinski definition) is 4. The summed E-state index contributed by atoms with van der Waals surface area (Å²) < 4.78 is 18.8. The van der Waals surface area contributed by atoms with E-state index in [0.29, 0.717) is 31.7 Å². The maximum atomic E-state index is 13.1. The summed E-state index contributed by atoms with van der Waals surface area (Å²) in [6.07, 6.45) is 2.60. The number of aromatic amines is 1. The largest absolute Gasteiger partial charge is 0.372 e. The maximum Gasteiger partial charge on any atom is 0.257 e. The number of nitrogens with one attached hydrogen (secondary N) is 1. The smallest absolute Gasteiger partial charge is 0.257 e. The summed E-state index contributed by atoms with van der Waals surface area (Å²) in [6.45, 7) is 6.21. The van der Waals surface area contributed by atoms with E-state index in [1.54, 1.807) is 18.3 Å². The van der Waals surface area contributed by atoms with Crippen LogP contribution < -0.4 is 0 Å². The van der Waals surface area contributed by atoms with Crippen molar-refractivity contribution in [3.8, 4) is 0 Å². The van der Waals surface area contributed by atoms with Crippen molar-refractivity contribution in [3.05, 3.63) is 53.1 Å². The fourth-order valence-corrected chi connectivity index (χ4v) is 4.40. The number of carbonyl (C=O) groups is 2. The fraction of sp³-hybridized carbons (Fsp3) is 0.500. The predicted octanol–water partition coefficient (Wildman–Crippen LogP) is 2.36. The first-order chi connectivity index (χ1) is 14.4. The Hall–Kier alpha value is -2.74.